The Morgan fingerprint density at radius 3 is 2.27 bits per heavy atom. The van der Waals surface area contributed by atoms with Crippen molar-refractivity contribution in [3.8, 4) is 0 Å². The number of rotatable bonds is 3. The summed E-state index contributed by atoms with van der Waals surface area (Å²) in [4.78, 5) is 0. The number of alkyl halides is 3. The van der Waals surface area contributed by atoms with E-state index in [0.29, 0.717) is 0 Å². The Labute approximate surface area is 64.1 Å². The summed E-state index contributed by atoms with van der Waals surface area (Å²) < 4.78 is 35.2. The Kier molecular flexibility index (Phi) is 4.18. The van der Waals surface area contributed by atoms with Gasteiger partial charge in [0.2, 0.25) is 0 Å². The van der Waals surface area contributed by atoms with Crippen molar-refractivity contribution in [2.45, 2.75) is 32.0 Å². The second-order valence-corrected chi connectivity index (χ2v) is 2.26. The molecule has 0 saturated carbocycles. The summed E-state index contributed by atoms with van der Waals surface area (Å²) in [6.07, 6.45) is -0.524. The molecule has 0 radical (unpaired) electrons. The minimum Gasteiger partial charge on any atom is -0.320 e. The maximum absolute atomic E-state index is 11.7. The minimum atomic E-state index is -4.27. The Bertz CT molecular complexity index is 128. The van der Waals surface area contributed by atoms with Crippen LogP contribution in [0.1, 0.15) is 19.8 Å². The van der Waals surface area contributed by atoms with Gasteiger partial charge in [-0.3, -0.25) is 0 Å². The Hall–Kier alpha value is -0.510. The summed E-state index contributed by atoms with van der Waals surface area (Å²) in [5.41, 5.74) is 4.82. The Morgan fingerprint density at radius 1 is 1.36 bits per heavy atom. The van der Waals surface area contributed by atoms with E-state index in [4.69, 9.17) is 5.73 Å². The quantitative estimate of drug-likeness (QED) is 0.641. The molecule has 1 nitrogen and oxygen atoms in total. The maximum atomic E-state index is 11.7. The highest BCUT2D eigenvalue weighted by Crippen LogP contribution is 2.20. The van der Waals surface area contributed by atoms with E-state index in [9.17, 15) is 13.2 Å². The standard InChI is InChI=1S/C7H12F3N/c1-2-3-4-5-6(11)7(8,9)10/h3-4,6H,2,5,11H2,1H3/b4-3-. The van der Waals surface area contributed by atoms with Crippen LogP contribution in [0.2, 0.25) is 0 Å². The van der Waals surface area contributed by atoms with Crippen molar-refractivity contribution >= 4 is 0 Å². The summed E-state index contributed by atoms with van der Waals surface area (Å²) in [5, 5.41) is 0. The van der Waals surface area contributed by atoms with Gasteiger partial charge in [-0.15, -0.1) is 0 Å². The molecule has 66 valence electrons. The predicted molar refractivity (Wildman–Crippen MR) is 38.1 cm³/mol. The molecule has 0 bridgehead atoms. The number of nitrogens with two attached hydrogens (primary N) is 1. The van der Waals surface area contributed by atoms with Crippen LogP contribution < -0.4 is 5.73 Å². The fraction of sp³-hybridized carbons (Fsp3) is 0.714. The molecular formula is C7H12F3N. The summed E-state index contributed by atoms with van der Waals surface area (Å²) in [6, 6.07) is -1.72. The van der Waals surface area contributed by atoms with Crippen molar-refractivity contribution in [2.75, 3.05) is 0 Å². The summed E-state index contributed by atoms with van der Waals surface area (Å²) in [5.74, 6) is 0. The molecule has 0 aromatic heterocycles. The van der Waals surface area contributed by atoms with Gasteiger partial charge in [0.05, 0.1) is 0 Å². The lowest BCUT2D eigenvalue weighted by Gasteiger charge is -2.12. The summed E-state index contributed by atoms with van der Waals surface area (Å²) >= 11 is 0. The zero-order valence-electron chi connectivity index (χ0n) is 6.36. The Balaban J connectivity index is 3.69. The van der Waals surface area contributed by atoms with Gasteiger partial charge in [0, 0.05) is 0 Å². The number of halogens is 3. The fourth-order valence-corrected chi connectivity index (χ4v) is 0.543. The van der Waals surface area contributed by atoms with Gasteiger partial charge >= 0.3 is 6.18 Å². The molecule has 4 heteroatoms. The van der Waals surface area contributed by atoms with Crippen molar-refractivity contribution < 1.29 is 13.2 Å². The Morgan fingerprint density at radius 2 is 1.91 bits per heavy atom. The molecule has 0 aromatic rings. The van der Waals surface area contributed by atoms with Crippen LogP contribution in [-0.4, -0.2) is 12.2 Å². The molecule has 0 aromatic carbocycles. The summed E-state index contributed by atoms with van der Waals surface area (Å²) in [6.45, 7) is 1.86. The SMILES string of the molecule is CC/C=C\CC(N)C(F)(F)F. The molecular weight excluding hydrogens is 155 g/mol. The molecule has 0 amide bonds. The van der Waals surface area contributed by atoms with Crippen LogP contribution in [0.5, 0.6) is 0 Å². The molecule has 0 rings (SSSR count). The predicted octanol–water partition coefficient (Wildman–Crippen LogP) is 2.23. The van der Waals surface area contributed by atoms with E-state index in [2.05, 4.69) is 0 Å². The highest BCUT2D eigenvalue weighted by atomic mass is 19.4. The van der Waals surface area contributed by atoms with Crippen LogP contribution in [0.25, 0.3) is 0 Å². The van der Waals surface area contributed by atoms with Gasteiger partial charge in [0.1, 0.15) is 6.04 Å². The first-order chi connectivity index (χ1) is 4.98. The van der Waals surface area contributed by atoms with Crippen LogP contribution in [0.3, 0.4) is 0 Å². The van der Waals surface area contributed by atoms with Gasteiger partial charge in [-0.2, -0.15) is 13.2 Å². The van der Waals surface area contributed by atoms with Crippen LogP contribution in [0.4, 0.5) is 13.2 Å². The van der Waals surface area contributed by atoms with Crippen molar-refractivity contribution in [3.05, 3.63) is 12.2 Å². The first-order valence-electron chi connectivity index (χ1n) is 3.45. The lowest BCUT2D eigenvalue weighted by atomic mass is 10.2. The monoisotopic (exact) mass is 167 g/mol. The van der Waals surface area contributed by atoms with E-state index in [-0.39, 0.29) is 6.42 Å². The third-order valence-corrected chi connectivity index (χ3v) is 1.21. The molecule has 0 aliphatic heterocycles. The van der Waals surface area contributed by atoms with Crippen molar-refractivity contribution in [1.82, 2.24) is 0 Å². The van der Waals surface area contributed by atoms with Crippen molar-refractivity contribution in [3.63, 3.8) is 0 Å². The average Bonchev–Trinajstić information content (AvgIpc) is 1.86. The topological polar surface area (TPSA) is 26.0 Å². The first kappa shape index (κ1) is 10.5. The minimum absolute atomic E-state index is 0.128. The molecule has 0 fully saturated rings. The van der Waals surface area contributed by atoms with Crippen LogP contribution in [-0.2, 0) is 0 Å². The highest BCUT2D eigenvalue weighted by Gasteiger charge is 2.35. The smallest absolute Gasteiger partial charge is 0.320 e. The number of hydrogen-bond acceptors (Lipinski definition) is 1. The third-order valence-electron chi connectivity index (χ3n) is 1.21. The van der Waals surface area contributed by atoms with Crippen molar-refractivity contribution in [1.29, 1.82) is 0 Å². The van der Waals surface area contributed by atoms with Gasteiger partial charge in [0.15, 0.2) is 0 Å². The normalized spacial score (nSPS) is 15.7. The van der Waals surface area contributed by atoms with Crippen LogP contribution in [0, 0.1) is 0 Å². The van der Waals surface area contributed by atoms with E-state index < -0.39 is 12.2 Å². The molecule has 0 aliphatic rings. The molecule has 0 saturated heterocycles. The summed E-state index contributed by atoms with van der Waals surface area (Å²) in [7, 11) is 0. The van der Waals surface area contributed by atoms with E-state index in [1.54, 1.807) is 6.08 Å². The largest absolute Gasteiger partial charge is 0.403 e. The van der Waals surface area contributed by atoms with Gasteiger partial charge in [0.25, 0.3) is 0 Å². The highest BCUT2D eigenvalue weighted by molar-refractivity contribution is 4.86. The van der Waals surface area contributed by atoms with Gasteiger partial charge in [-0.25, -0.2) is 0 Å². The number of allylic oxidation sites excluding steroid dienone is 1. The zero-order chi connectivity index (χ0) is 8.91. The second kappa shape index (κ2) is 4.38. The lowest BCUT2D eigenvalue weighted by molar-refractivity contribution is -0.146. The van der Waals surface area contributed by atoms with Gasteiger partial charge in [-0.05, 0) is 12.8 Å². The number of hydrogen-bond donors (Lipinski definition) is 1. The molecule has 0 aliphatic carbocycles. The second-order valence-electron chi connectivity index (χ2n) is 2.26. The molecule has 11 heavy (non-hydrogen) atoms. The first-order valence-corrected chi connectivity index (χ1v) is 3.45. The average molecular weight is 167 g/mol. The third kappa shape index (κ3) is 4.84. The van der Waals surface area contributed by atoms with E-state index in [1.165, 1.54) is 6.08 Å². The molecule has 0 spiro atoms. The van der Waals surface area contributed by atoms with E-state index >= 15 is 0 Å². The van der Waals surface area contributed by atoms with Gasteiger partial charge in [-0.1, -0.05) is 19.1 Å². The maximum Gasteiger partial charge on any atom is 0.403 e. The zero-order valence-corrected chi connectivity index (χ0v) is 6.36. The van der Waals surface area contributed by atoms with E-state index in [0.717, 1.165) is 6.42 Å². The molecule has 1 atom stereocenters. The molecule has 0 heterocycles. The molecule has 1 unspecified atom stereocenters. The van der Waals surface area contributed by atoms with Crippen molar-refractivity contribution in [2.24, 2.45) is 5.73 Å². The van der Waals surface area contributed by atoms with E-state index in [1.807, 2.05) is 6.92 Å². The molecule has 2 N–H and O–H groups in total. The fourth-order valence-electron chi connectivity index (χ4n) is 0.543. The lowest BCUT2D eigenvalue weighted by Crippen LogP contribution is -2.36. The van der Waals surface area contributed by atoms with Gasteiger partial charge < -0.3 is 5.73 Å². The van der Waals surface area contributed by atoms with Crippen LogP contribution >= 0.6 is 0 Å². The van der Waals surface area contributed by atoms with Crippen LogP contribution in [0.15, 0.2) is 12.2 Å².